The average Bonchev–Trinajstić information content (AvgIpc) is 2.92. The lowest BCUT2D eigenvalue weighted by Gasteiger charge is -2.05. The first-order chi connectivity index (χ1) is 9.86. The standard InChI is InChI=1S/C17H17NO2/c1-2-3-12-19-14-10-8-13(9-11-14)17-18-15-6-4-5-7-16(15)20-17/h4-11H,2-3,12H2,1H3. The molecule has 0 saturated heterocycles. The molecule has 3 heteroatoms. The molecular weight excluding hydrogens is 250 g/mol. The zero-order chi connectivity index (χ0) is 13.8. The van der Waals surface area contributed by atoms with Gasteiger partial charge < -0.3 is 9.15 Å². The topological polar surface area (TPSA) is 35.3 Å². The van der Waals surface area contributed by atoms with E-state index in [-0.39, 0.29) is 0 Å². The van der Waals surface area contributed by atoms with Gasteiger partial charge in [0, 0.05) is 5.56 Å². The van der Waals surface area contributed by atoms with Crippen LogP contribution in [0.3, 0.4) is 0 Å². The lowest BCUT2D eigenvalue weighted by molar-refractivity contribution is 0.309. The summed E-state index contributed by atoms with van der Waals surface area (Å²) in [5.74, 6) is 1.53. The Hall–Kier alpha value is -2.29. The van der Waals surface area contributed by atoms with Crippen molar-refractivity contribution in [2.24, 2.45) is 0 Å². The van der Waals surface area contributed by atoms with Gasteiger partial charge in [-0.2, -0.15) is 0 Å². The van der Waals surface area contributed by atoms with Gasteiger partial charge in [0.05, 0.1) is 6.61 Å². The molecule has 1 aromatic heterocycles. The van der Waals surface area contributed by atoms with Crippen molar-refractivity contribution in [2.75, 3.05) is 6.61 Å². The highest BCUT2D eigenvalue weighted by atomic mass is 16.5. The van der Waals surface area contributed by atoms with Gasteiger partial charge in [0.2, 0.25) is 5.89 Å². The minimum absolute atomic E-state index is 0.645. The first-order valence-electron chi connectivity index (χ1n) is 6.95. The average molecular weight is 267 g/mol. The third-order valence-corrected chi connectivity index (χ3v) is 3.16. The van der Waals surface area contributed by atoms with Gasteiger partial charge in [-0.3, -0.25) is 0 Å². The molecule has 0 spiro atoms. The molecule has 0 amide bonds. The van der Waals surface area contributed by atoms with Gasteiger partial charge in [-0.15, -0.1) is 0 Å². The van der Waals surface area contributed by atoms with Gasteiger partial charge >= 0.3 is 0 Å². The van der Waals surface area contributed by atoms with E-state index in [2.05, 4.69) is 11.9 Å². The lowest BCUT2D eigenvalue weighted by Crippen LogP contribution is -1.95. The molecule has 0 aliphatic carbocycles. The predicted octanol–water partition coefficient (Wildman–Crippen LogP) is 4.67. The number of oxazole rings is 1. The Balaban J connectivity index is 1.79. The summed E-state index contributed by atoms with van der Waals surface area (Å²) in [5.41, 5.74) is 2.65. The van der Waals surface area contributed by atoms with E-state index in [1.54, 1.807) is 0 Å². The molecule has 3 aromatic rings. The molecular formula is C17H17NO2. The Morgan fingerprint density at radius 3 is 2.60 bits per heavy atom. The molecule has 0 unspecified atom stereocenters. The van der Waals surface area contributed by atoms with Crippen LogP contribution in [0.5, 0.6) is 5.75 Å². The zero-order valence-electron chi connectivity index (χ0n) is 11.5. The Kier molecular flexibility index (Phi) is 3.68. The first kappa shape index (κ1) is 12.7. The minimum atomic E-state index is 0.645. The van der Waals surface area contributed by atoms with E-state index in [9.17, 15) is 0 Å². The molecule has 0 N–H and O–H groups in total. The molecule has 0 saturated carbocycles. The maximum atomic E-state index is 5.74. The molecule has 20 heavy (non-hydrogen) atoms. The van der Waals surface area contributed by atoms with E-state index < -0.39 is 0 Å². The van der Waals surface area contributed by atoms with Crippen LogP contribution in [-0.4, -0.2) is 11.6 Å². The summed E-state index contributed by atoms with van der Waals surface area (Å²) in [6.07, 6.45) is 2.22. The summed E-state index contributed by atoms with van der Waals surface area (Å²) < 4.78 is 11.4. The normalized spacial score (nSPS) is 10.8. The number of hydrogen-bond donors (Lipinski definition) is 0. The summed E-state index contributed by atoms with van der Waals surface area (Å²) in [5, 5.41) is 0. The maximum absolute atomic E-state index is 5.74. The van der Waals surface area contributed by atoms with Crippen LogP contribution in [0.15, 0.2) is 52.9 Å². The van der Waals surface area contributed by atoms with Crippen molar-refractivity contribution in [3.05, 3.63) is 48.5 Å². The predicted molar refractivity (Wildman–Crippen MR) is 79.8 cm³/mol. The number of unbranched alkanes of at least 4 members (excludes halogenated alkanes) is 1. The lowest BCUT2D eigenvalue weighted by atomic mass is 10.2. The number of aromatic nitrogens is 1. The van der Waals surface area contributed by atoms with Gasteiger partial charge in [-0.1, -0.05) is 25.5 Å². The summed E-state index contributed by atoms with van der Waals surface area (Å²) in [6, 6.07) is 15.7. The monoisotopic (exact) mass is 267 g/mol. The molecule has 3 rings (SSSR count). The molecule has 0 bridgehead atoms. The Morgan fingerprint density at radius 2 is 1.85 bits per heavy atom. The second kappa shape index (κ2) is 5.78. The summed E-state index contributed by atoms with van der Waals surface area (Å²) in [7, 11) is 0. The van der Waals surface area contributed by atoms with Crippen LogP contribution < -0.4 is 4.74 Å². The maximum Gasteiger partial charge on any atom is 0.227 e. The SMILES string of the molecule is CCCCOc1ccc(-c2nc3ccccc3o2)cc1. The highest BCUT2D eigenvalue weighted by Crippen LogP contribution is 2.25. The van der Waals surface area contributed by atoms with E-state index in [1.807, 2.05) is 48.5 Å². The van der Waals surface area contributed by atoms with Crippen molar-refractivity contribution >= 4 is 11.1 Å². The smallest absolute Gasteiger partial charge is 0.227 e. The largest absolute Gasteiger partial charge is 0.494 e. The highest BCUT2D eigenvalue weighted by molar-refractivity contribution is 5.76. The highest BCUT2D eigenvalue weighted by Gasteiger charge is 2.07. The number of benzene rings is 2. The van der Waals surface area contributed by atoms with Gasteiger partial charge in [-0.05, 0) is 42.8 Å². The number of nitrogens with zero attached hydrogens (tertiary/aromatic N) is 1. The van der Waals surface area contributed by atoms with E-state index in [0.717, 1.165) is 41.9 Å². The molecule has 0 radical (unpaired) electrons. The van der Waals surface area contributed by atoms with Crippen LogP contribution in [0.4, 0.5) is 0 Å². The third-order valence-electron chi connectivity index (χ3n) is 3.16. The van der Waals surface area contributed by atoms with Crippen molar-refractivity contribution in [3.8, 4) is 17.2 Å². The number of hydrogen-bond acceptors (Lipinski definition) is 3. The van der Waals surface area contributed by atoms with Crippen molar-refractivity contribution in [3.63, 3.8) is 0 Å². The molecule has 1 heterocycles. The van der Waals surface area contributed by atoms with Crippen molar-refractivity contribution in [2.45, 2.75) is 19.8 Å². The molecule has 0 aliphatic rings. The number of rotatable bonds is 5. The van der Waals surface area contributed by atoms with Gasteiger partial charge in [0.25, 0.3) is 0 Å². The quantitative estimate of drug-likeness (QED) is 0.630. The van der Waals surface area contributed by atoms with E-state index in [1.165, 1.54) is 0 Å². The van der Waals surface area contributed by atoms with E-state index >= 15 is 0 Å². The molecule has 0 fully saturated rings. The van der Waals surface area contributed by atoms with Crippen LogP contribution in [0.25, 0.3) is 22.6 Å². The molecule has 3 nitrogen and oxygen atoms in total. The fourth-order valence-corrected chi connectivity index (χ4v) is 2.02. The summed E-state index contributed by atoms with van der Waals surface area (Å²) in [4.78, 5) is 4.48. The fraction of sp³-hybridized carbons (Fsp3) is 0.235. The second-order valence-electron chi connectivity index (χ2n) is 4.71. The van der Waals surface area contributed by atoms with Crippen molar-refractivity contribution in [1.82, 2.24) is 4.98 Å². The fourth-order valence-electron chi connectivity index (χ4n) is 2.02. The van der Waals surface area contributed by atoms with E-state index in [4.69, 9.17) is 9.15 Å². The number of para-hydroxylation sites is 2. The molecule has 102 valence electrons. The van der Waals surface area contributed by atoms with Crippen LogP contribution in [0.2, 0.25) is 0 Å². The van der Waals surface area contributed by atoms with Crippen LogP contribution in [0, 0.1) is 0 Å². The molecule has 0 aliphatic heterocycles. The third kappa shape index (κ3) is 2.67. The summed E-state index contributed by atoms with van der Waals surface area (Å²) >= 11 is 0. The first-order valence-corrected chi connectivity index (χ1v) is 6.95. The van der Waals surface area contributed by atoms with Crippen LogP contribution >= 0.6 is 0 Å². The number of fused-ring (bicyclic) bond motifs is 1. The Bertz CT molecular complexity index is 653. The molecule has 2 aromatic carbocycles. The van der Waals surface area contributed by atoms with Crippen molar-refractivity contribution in [1.29, 1.82) is 0 Å². The van der Waals surface area contributed by atoms with Crippen LogP contribution in [0.1, 0.15) is 19.8 Å². The van der Waals surface area contributed by atoms with Gasteiger partial charge in [0.15, 0.2) is 5.58 Å². The van der Waals surface area contributed by atoms with E-state index in [0.29, 0.717) is 5.89 Å². The van der Waals surface area contributed by atoms with Crippen molar-refractivity contribution < 1.29 is 9.15 Å². The number of ether oxygens (including phenoxy) is 1. The second-order valence-corrected chi connectivity index (χ2v) is 4.71. The minimum Gasteiger partial charge on any atom is -0.494 e. The zero-order valence-corrected chi connectivity index (χ0v) is 11.5. The summed E-state index contributed by atoms with van der Waals surface area (Å²) in [6.45, 7) is 2.92. The van der Waals surface area contributed by atoms with Gasteiger partial charge in [-0.25, -0.2) is 4.98 Å². The van der Waals surface area contributed by atoms with Gasteiger partial charge in [0.1, 0.15) is 11.3 Å². The Labute approximate surface area is 118 Å². The molecule has 0 atom stereocenters. The Morgan fingerprint density at radius 1 is 1.05 bits per heavy atom. The van der Waals surface area contributed by atoms with Crippen LogP contribution in [-0.2, 0) is 0 Å².